The maximum atomic E-state index is 12.6. The molecule has 1 heterocycles. The molecule has 0 spiro atoms. The topological polar surface area (TPSA) is 78.5 Å². The summed E-state index contributed by atoms with van der Waals surface area (Å²) in [4.78, 5) is 14.4. The van der Waals surface area contributed by atoms with Crippen LogP contribution in [0.3, 0.4) is 0 Å². The van der Waals surface area contributed by atoms with E-state index < -0.39 is 10.0 Å². The lowest BCUT2D eigenvalue weighted by Crippen LogP contribution is -2.47. The van der Waals surface area contributed by atoms with Crippen LogP contribution in [0.5, 0.6) is 0 Å². The van der Waals surface area contributed by atoms with Crippen molar-refractivity contribution in [2.45, 2.75) is 18.9 Å². The second-order valence-electron chi connectivity index (χ2n) is 5.30. The highest BCUT2D eigenvalue weighted by molar-refractivity contribution is 7.92. The van der Waals surface area contributed by atoms with E-state index in [9.17, 15) is 13.2 Å². The number of amides is 1. The molecule has 7 heteroatoms. The zero-order valence-corrected chi connectivity index (χ0v) is 13.1. The van der Waals surface area contributed by atoms with Crippen molar-refractivity contribution >= 4 is 21.6 Å². The first-order valence-electron chi connectivity index (χ1n) is 6.94. The number of rotatable bonds is 4. The van der Waals surface area contributed by atoms with Crippen molar-refractivity contribution in [2.75, 3.05) is 31.1 Å². The van der Waals surface area contributed by atoms with Crippen molar-refractivity contribution in [2.24, 2.45) is 0 Å². The summed E-state index contributed by atoms with van der Waals surface area (Å²) in [6.45, 7) is 1.34. The van der Waals surface area contributed by atoms with Gasteiger partial charge >= 0.3 is 0 Å². The van der Waals surface area contributed by atoms with E-state index in [-0.39, 0.29) is 11.9 Å². The number of likely N-dealkylation sites (N-methyl/N-ethyl adjacent to an activating group) is 1. The molecular formula is C14H21N3O3S. The summed E-state index contributed by atoms with van der Waals surface area (Å²) < 4.78 is 25.2. The van der Waals surface area contributed by atoms with Gasteiger partial charge in [-0.3, -0.25) is 9.52 Å². The van der Waals surface area contributed by atoms with Gasteiger partial charge in [0, 0.05) is 19.1 Å². The molecule has 1 aliphatic heterocycles. The highest BCUT2D eigenvalue weighted by atomic mass is 32.2. The third-order valence-corrected chi connectivity index (χ3v) is 4.16. The summed E-state index contributed by atoms with van der Waals surface area (Å²) >= 11 is 0. The molecule has 1 amide bonds. The zero-order valence-electron chi connectivity index (χ0n) is 12.3. The quantitative estimate of drug-likeness (QED) is 0.865. The fraction of sp³-hybridized carbons (Fsp3) is 0.500. The predicted molar refractivity (Wildman–Crippen MR) is 82.9 cm³/mol. The average molecular weight is 311 g/mol. The van der Waals surface area contributed by atoms with Crippen LogP contribution in [-0.4, -0.2) is 51.7 Å². The van der Waals surface area contributed by atoms with E-state index in [1.54, 1.807) is 29.2 Å². The van der Waals surface area contributed by atoms with Crippen molar-refractivity contribution in [3.05, 3.63) is 29.8 Å². The Labute approximate surface area is 125 Å². The number of sulfonamides is 1. The molecule has 1 fully saturated rings. The van der Waals surface area contributed by atoms with E-state index in [2.05, 4.69) is 10.0 Å². The van der Waals surface area contributed by atoms with E-state index in [1.807, 2.05) is 7.05 Å². The van der Waals surface area contributed by atoms with Gasteiger partial charge < -0.3 is 10.2 Å². The number of hydrogen-bond acceptors (Lipinski definition) is 4. The van der Waals surface area contributed by atoms with Crippen molar-refractivity contribution < 1.29 is 13.2 Å². The third-order valence-electron chi connectivity index (χ3n) is 3.57. The van der Waals surface area contributed by atoms with E-state index in [0.29, 0.717) is 24.3 Å². The van der Waals surface area contributed by atoms with Crippen LogP contribution in [0.1, 0.15) is 23.2 Å². The molecule has 0 aromatic heterocycles. The molecule has 2 rings (SSSR count). The second kappa shape index (κ2) is 6.44. The highest BCUT2D eigenvalue weighted by Crippen LogP contribution is 2.20. The van der Waals surface area contributed by atoms with Crippen molar-refractivity contribution in [1.29, 1.82) is 0 Å². The van der Waals surface area contributed by atoms with Gasteiger partial charge in [0.05, 0.1) is 17.5 Å². The molecule has 1 atom stereocenters. The minimum absolute atomic E-state index is 0.137. The van der Waals surface area contributed by atoms with Gasteiger partial charge in [0.1, 0.15) is 0 Å². The number of carbonyl (C=O) groups excluding carboxylic acids is 1. The largest absolute Gasteiger partial charge is 0.337 e. The molecule has 1 aromatic rings. The molecule has 6 nitrogen and oxygen atoms in total. The molecule has 1 saturated heterocycles. The minimum atomic E-state index is -3.41. The summed E-state index contributed by atoms with van der Waals surface area (Å²) in [7, 11) is -1.53. The van der Waals surface area contributed by atoms with Gasteiger partial charge in [0.15, 0.2) is 0 Å². The van der Waals surface area contributed by atoms with Crippen LogP contribution >= 0.6 is 0 Å². The lowest BCUT2D eigenvalue weighted by molar-refractivity contribution is 0.0699. The Morgan fingerprint density at radius 3 is 2.71 bits per heavy atom. The van der Waals surface area contributed by atoms with E-state index in [0.717, 1.165) is 19.1 Å². The number of piperidine rings is 1. The van der Waals surface area contributed by atoms with Gasteiger partial charge in [0.25, 0.3) is 5.91 Å². The SMILES string of the molecule is CNC1CCCN(C(=O)c2ccccc2NS(C)(=O)=O)C1. The smallest absolute Gasteiger partial charge is 0.256 e. The molecule has 2 N–H and O–H groups in total. The monoisotopic (exact) mass is 311 g/mol. The zero-order chi connectivity index (χ0) is 15.5. The van der Waals surface area contributed by atoms with Crippen LogP contribution in [0, 0.1) is 0 Å². The Kier molecular flexibility index (Phi) is 4.84. The summed E-state index contributed by atoms with van der Waals surface area (Å²) in [5, 5.41) is 3.19. The van der Waals surface area contributed by atoms with Gasteiger partial charge in [-0.05, 0) is 32.0 Å². The van der Waals surface area contributed by atoms with E-state index >= 15 is 0 Å². The van der Waals surface area contributed by atoms with E-state index in [4.69, 9.17) is 0 Å². The lowest BCUT2D eigenvalue weighted by Gasteiger charge is -2.33. The predicted octanol–water partition coefficient (Wildman–Crippen LogP) is 0.882. The molecule has 0 aliphatic carbocycles. The minimum Gasteiger partial charge on any atom is -0.337 e. The molecule has 21 heavy (non-hydrogen) atoms. The molecule has 0 saturated carbocycles. The van der Waals surface area contributed by atoms with Crippen molar-refractivity contribution in [3.63, 3.8) is 0 Å². The van der Waals surface area contributed by atoms with Gasteiger partial charge in [-0.25, -0.2) is 8.42 Å². The first kappa shape index (κ1) is 15.8. The van der Waals surface area contributed by atoms with E-state index in [1.165, 1.54) is 0 Å². The first-order valence-corrected chi connectivity index (χ1v) is 8.83. The standard InChI is InChI=1S/C14H21N3O3S/c1-15-11-6-5-9-17(10-11)14(18)12-7-3-4-8-13(12)16-21(2,19)20/h3-4,7-8,11,15-16H,5-6,9-10H2,1-2H3. The lowest BCUT2D eigenvalue weighted by atomic mass is 10.0. The molecule has 116 valence electrons. The second-order valence-corrected chi connectivity index (χ2v) is 7.05. The number of para-hydroxylation sites is 1. The maximum absolute atomic E-state index is 12.6. The number of likely N-dealkylation sites (tertiary alicyclic amines) is 1. The Morgan fingerprint density at radius 2 is 2.05 bits per heavy atom. The maximum Gasteiger partial charge on any atom is 0.256 e. The average Bonchev–Trinajstić information content (AvgIpc) is 2.45. The summed E-state index contributed by atoms with van der Waals surface area (Å²) in [6, 6.07) is 6.99. The molecule has 1 aliphatic rings. The number of nitrogens with one attached hydrogen (secondary N) is 2. The molecular weight excluding hydrogens is 290 g/mol. The fourth-order valence-electron chi connectivity index (χ4n) is 2.53. The Hall–Kier alpha value is -1.60. The molecule has 1 unspecified atom stereocenters. The van der Waals surface area contributed by atoms with Crippen LogP contribution in [0.2, 0.25) is 0 Å². The highest BCUT2D eigenvalue weighted by Gasteiger charge is 2.25. The molecule has 0 radical (unpaired) electrons. The van der Waals surface area contributed by atoms with Gasteiger partial charge in [-0.15, -0.1) is 0 Å². The first-order chi connectivity index (χ1) is 9.90. The van der Waals surface area contributed by atoms with Crippen LogP contribution in [0.25, 0.3) is 0 Å². The van der Waals surface area contributed by atoms with Gasteiger partial charge in [-0.1, -0.05) is 12.1 Å². The summed E-state index contributed by atoms with van der Waals surface area (Å²) in [6.07, 6.45) is 3.06. The van der Waals surface area contributed by atoms with Crippen LogP contribution in [0.15, 0.2) is 24.3 Å². The third kappa shape index (κ3) is 4.18. The number of hydrogen-bond donors (Lipinski definition) is 2. The molecule has 0 bridgehead atoms. The Bertz CT molecular complexity index is 616. The normalized spacial score (nSPS) is 19.3. The van der Waals surface area contributed by atoms with Crippen LogP contribution < -0.4 is 10.0 Å². The van der Waals surface area contributed by atoms with Crippen molar-refractivity contribution in [3.8, 4) is 0 Å². The number of nitrogens with zero attached hydrogens (tertiary/aromatic N) is 1. The summed E-state index contributed by atoms with van der Waals surface area (Å²) in [5.41, 5.74) is 0.719. The Balaban J connectivity index is 2.23. The number of benzene rings is 1. The number of carbonyl (C=O) groups is 1. The fourth-order valence-corrected chi connectivity index (χ4v) is 3.10. The molecule has 1 aromatic carbocycles. The van der Waals surface area contributed by atoms with Crippen LogP contribution in [-0.2, 0) is 10.0 Å². The van der Waals surface area contributed by atoms with Gasteiger partial charge in [0.2, 0.25) is 10.0 Å². The van der Waals surface area contributed by atoms with Crippen LogP contribution in [0.4, 0.5) is 5.69 Å². The Morgan fingerprint density at radius 1 is 1.33 bits per heavy atom. The van der Waals surface area contributed by atoms with Gasteiger partial charge in [-0.2, -0.15) is 0 Å². The number of anilines is 1. The summed E-state index contributed by atoms with van der Waals surface area (Å²) in [5.74, 6) is -0.137. The van der Waals surface area contributed by atoms with Crippen molar-refractivity contribution in [1.82, 2.24) is 10.2 Å².